The Labute approximate surface area is 97.2 Å². The lowest BCUT2D eigenvalue weighted by Crippen LogP contribution is -2.10. The zero-order valence-corrected chi connectivity index (χ0v) is 8.95. The minimum absolute atomic E-state index is 0.0458. The highest BCUT2D eigenvalue weighted by Crippen LogP contribution is 1.98. The molecular weight excluding hydrogens is 222 g/mol. The summed E-state index contributed by atoms with van der Waals surface area (Å²) in [6.07, 6.45) is 7.79. The fraction of sp³-hybridized carbons (Fsp3) is 0.200. The number of aromatic nitrogens is 4. The minimum Gasteiger partial charge on any atom is -0.476 e. The second-order valence-corrected chi connectivity index (χ2v) is 3.32. The molecule has 0 saturated heterocycles. The van der Waals surface area contributed by atoms with E-state index in [0.29, 0.717) is 18.9 Å². The van der Waals surface area contributed by atoms with Gasteiger partial charge in [0.1, 0.15) is 5.82 Å². The van der Waals surface area contributed by atoms with Crippen molar-refractivity contribution in [2.45, 2.75) is 6.54 Å². The Morgan fingerprint density at radius 2 is 2.29 bits per heavy atom. The summed E-state index contributed by atoms with van der Waals surface area (Å²) in [4.78, 5) is 22.3. The van der Waals surface area contributed by atoms with Crippen LogP contribution in [0.1, 0.15) is 10.5 Å². The molecule has 2 aromatic heterocycles. The van der Waals surface area contributed by atoms with E-state index in [0.717, 1.165) is 0 Å². The number of carbonyl (C=O) groups is 1. The number of carboxylic acid groups (broad SMARTS) is 1. The summed E-state index contributed by atoms with van der Waals surface area (Å²) in [5.74, 6) is -0.336. The molecule has 0 amide bonds. The molecule has 0 spiro atoms. The van der Waals surface area contributed by atoms with Crippen LogP contribution in [0.15, 0.2) is 31.1 Å². The summed E-state index contributed by atoms with van der Waals surface area (Å²) in [7, 11) is 0. The van der Waals surface area contributed by atoms with E-state index >= 15 is 0 Å². The molecule has 0 aromatic carbocycles. The van der Waals surface area contributed by atoms with Gasteiger partial charge in [-0.3, -0.25) is 4.98 Å². The van der Waals surface area contributed by atoms with Gasteiger partial charge >= 0.3 is 5.97 Å². The first-order valence-electron chi connectivity index (χ1n) is 5.00. The van der Waals surface area contributed by atoms with Crippen molar-refractivity contribution in [2.24, 2.45) is 0 Å². The Balaban J connectivity index is 1.84. The van der Waals surface area contributed by atoms with Crippen LogP contribution in [0.5, 0.6) is 0 Å². The van der Waals surface area contributed by atoms with E-state index in [1.807, 2.05) is 0 Å². The number of carboxylic acids is 1. The van der Waals surface area contributed by atoms with Crippen LogP contribution in [0.2, 0.25) is 0 Å². The Morgan fingerprint density at radius 1 is 1.41 bits per heavy atom. The lowest BCUT2D eigenvalue weighted by molar-refractivity contribution is 0.0691. The SMILES string of the molecule is O=C(O)c1cn(CCNc2cnccn2)cn1. The molecule has 0 radical (unpaired) electrons. The van der Waals surface area contributed by atoms with Crippen molar-refractivity contribution in [1.82, 2.24) is 19.5 Å². The second-order valence-electron chi connectivity index (χ2n) is 3.32. The average molecular weight is 233 g/mol. The minimum atomic E-state index is -1.02. The molecule has 17 heavy (non-hydrogen) atoms. The van der Waals surface area contributed by atoms with E-state index in [9.17, 15) is 4.79 Å². The fourth-order valence-electron chi connectivity index (χ4n) is 1.30. The van der Waals surface area contributed by atoms with Crippen LogP contribution < -0.4 is 5.32 Å². The van der Waals surface area contributed by atoms with Gasteiger partial charge in [0.25, 0.3) is 0 Å². The first-order chi connectivity index (χ1) is 8.25. The summed E-state index contributed by atoms with van der Waals surface area (Å²) >= 11 is 0. The molecular formula is C10H11N5O2. The van der Waals surface area contributed by atoms with E-state index in [2.05, 4.69) is 20.3 Å². The van der Waals surface area contributed by atoms with Crippen LogP contribution in [0.4, 0.5) is 5.82 Å². The molecule has 0 bridgehead atoms. The van der Waals surface area contributed by atoms with E-state index in [1.165, 1.54) is 12.5 Å². The number of hydrogen-bond donors (Lipinski definition) is 2. The van der Waals surface area contributed by atoms with Crippen LogP contribution in [0.25, 0.3) is 0 Å². The topological polar surface area (TPSA) is 92.9 Å². The molecule has 7 heteroatoms. The predicted molar refractivity (Wildman–Crippen MR) is 59.7 cm³/mol. The molecule has 2 rings (SSSR count). The molecule has 2 N–H and O–H groups in total. The molecule has 7 nitrogen and oxygen atoms in total. The fourth-order valence-corrected chi connectivity index (χ4v) is 1.30. The number of hydrogen-bond acceptors (Lipinski definition) is 5. The van der Waals surface area contributed by atoms with E-state index < -0.39 is 5.97 Å². The number of aromatic carboxylic acids is 1. The van der Waals surface area contributed by atoms with Crippen LogP contribution in [0, 0.1) is 0 Å². The maximum Gasteiger partial charge on any atom is 0.356 e. The van der Waals surface area contributed by atoms with Crippen molar-refractivity contribution in [3.63, 3.8) is 0 Å². The average Bonchev–Trinajstić information content (AvgIpc) is 2.79. The molecule has 2 aromatic rings. The molecule has 0 unspecified atom stereocenters. The van der Waals surface area contributed by atoms with E-state index in [-0.39, 0.29) is 5.69 Å². The second kappa shape index (κ2) is 5.06. The molecule has 2 heterocycles. The molecule has 0 aliphatic heterocycles. The smallest absolute Gasteiger partial charge is 0.356 e. The standard InChI is InChI=1S/C10H11N5O2/c16-10(17)8-6-15(7-14-8)4-3-13-9-5-11-1-2-12-9/h1-2,5-7H,3-4H2,(H,12,13)(H,16,17). The van der Waals surface area contributed by atoms with Crippen LogP contribution in [0.3, 0.4) is 0 Å². The highest BCUT2D eigenvalue weighted by molar-refractivity contribution is 5.84. The highest BCUT2D eigenvalue weighted by atomic mass is 16.4. The third-order valence-electron chi connectivity index (χ3n) is 2.09. The van der Waals surface area contributed by atoms with Crippen molar-refractivity contribution >= 4 is 11.8 Å². The maximum atomic E-state index is 10.6. The monoisotopic (exact) mass is 233 g/mol. The van der Waals surface area contributed by atoms with E-state index in [4.69, 9.17) is 5.11 Å². The van der Waals surface area contributed by atoms with Gasteiger partial charge in [-0.2, -0.15) is 0 Å². The van der Waals surface area contributed by atoms with Crippen molar-refractivity contribution < 1.29 is 9.90 Å². The Kier molecular flexibility index (Phi) is 3.29. The lowest BCUT2D eigenvalue weighted by atomic mass is 10.5. The van der Waals surface area contributed by atoms with Crippen molar-refractivity contribution in [3.05, 3.63) is 36.8 Å². The molecule has 0 atom stereocenters. The van der Waals surface area contributed by atoms with Crippen LogP contribution in [-0.2, 0) is 6.54 Å². The van der Waals surface area contributed by atoms with E-state index in [1.54, 1.807) is 23.2 Å². The first-order valence-corrected chi connectivity index (χ1v) is 5.00. The zero-order chi connectivity index (χ0) is 12.1. The van der Waals surface area contributed by atoms with Gasteiger partial charge in [-0.15, -0.1) is 0 Å². The lowest BCUT2D eigenvalue weighted by Gasteiger charge is -2.04. The summed E-state index contributed by atoms with van der Waals surface area (Å²) in [5.41, 5.74) is 0.0458. The number of anilines is 1. The number of imidazole rings is 1. The molecule has 0 aliphatic carbocycles. The normalized spacial score (nSPS) is 10.1. The number of rotatable bonds is 5. The van der Waals surface area contributed by atoms with Crippen molar-refractivity contribution in [1.29, 1.82) is 0 Å². The van der Waals surface area contributed by atoms with Gasteiger partial charge in [0, 0.05) is 31.7 Å². The van der Waals surface area contributed by atoms with Gasteiger partial charge in [0.2, 0.25) is 0 Å². The van der Waals surface area contributed by atoms with Gasteiger partial charge in [-0.25, -0.2) is 14.8 Å². The summed E-state index contributed by atoms with van der Waals surface area (Å²) in [6, 6.07) is 0. The quantitative estimate of drug-likeness (QED) is 0.780. The van der Waals surface area contributed by atoms with Gasteiger partial charge < -0.3 is 15.0 Å². The molecule has 88 valence electrons. The molecule has 0 fully saturated rings. The van der Waals surface area contributed by atoms with Crippen LogP contribution >= 0.6 is 0 Å². The van der Waals surface area contributed by atoms with Crippen molar-refractivity contribution in [3.8, 4) is 0 Å². The third-order valence-corrected chi connectivity index (χ3v) is 2.09. The van der Waals surface area contributed by atoms with Gasteiger partial charge in [0.05, 0.1) is 12.5 Å². The number of nitrogens with zero attached hydrogens (tertiary/aromatic N) is 4. The summed E-state index contributed by atoms with van der Waals surface area (Å²) in [5, 5.41) is 11.8. The van der Waals surface area contributed by atoms with Gasteiger partial charge in [0.15, 0.2) is 5.69 Å². The van der Waals surface area contributed by atoms with Crippen molar-refractivity contribution in [2.75, 3.05) is 11.9 Å². The Hall–Kier alpha value is -2.44. The third kappa shape index (κ3) is 3.00. The first kappa shape index (κ1) is 11.1. The van der Waals surface area contributed by atoms with Gasteiger partial charge in [-0.1, -0.05) is 0 Å². The molecule has 0 saturated carbocycles. The maximum absolute atomic E-state index is 10.6. The van der Waals surface area contributed by atoms with Crippen LogP contribution in [-0.4, -0.2) is 37.1 Å². The zero-order valence-electron chi connectivity index (χ0n) is 8.95. The summed E-state index contributed by atoms with van der Waals surface area (Å²) in [6.45, 7) is 1.23. The number of nitrogens with one attached hydrogen (secondary N) is 1. The highest BCUT2D eigenvalue weighted by Gasteiger charge is 2.05. The largest absolute Gasteiger partial charge is 0.476 e. The predicted octanol–water partition coefficient (Wildman–Crippen LogP) is 0.483. The summed E-state index contributed by atoms with van der Waals surface area (Å²) < 4.78 is 1.70. The molecule has 0 aliphatic rings. The van der Waals surface area contributed by atoms with Gasteiger partial charge in [-0.05, 0) is 0 Å². The Bertz CT molecular complexity index is 496. The Morgan fingerprint density at radius 3 is 2.94 bits per heavy atom.